The number of benzene rings is 1. The van der Waals surface area contributed by atoms with Crippen LogP contribution in [0.3, 0.4) is 0 Å². The quantitative estimate of drug-likeness (QED) is 0.611. The van der Waals surface area contributed by atoms with Crippen molar-refractivity contribution in [2.24, 2.45) is 0 Å². The van der Waals surface area contributed by atoms with Crippen LogP contribution < -0.4 is 10.1 Å². The summed E-state index contributed by atoms with van der Waals surface area (Å²) >= 11 is 2.63. The van der Waals surface area contributed by atoms with Crippen LogP contribution in [-0.4, -0.2) is 48.7 Å². The summed E-state index contributed by atoms with van der Waals surface area (Å²) in [5.74, 6) is 0.561. The molecule has 3 rings (SSSR count). The summed E-state index contributed by atoms with van der Waals surface area (Å²) in [6.07, 6.45) is 0.786. The molecule has 0 fully saturated rings. The molecule has 1 N–H and O–H groups in total. The Labute approximate surface area is 158 Å². The van der Waals surface area contributed by atoms with Crippen LogP contribution in [0.4, 0.5) is 5.13 Å². The molecule has 2 aromatic heterocycles. The zero-order valence-corrected chi connectivity index (χ0v) is 16.0. The smallest absolute Gasteiger partial charge is 0.239 e. The molecule has 0 saturated carbocycles. The average Bonchev–Trinajstić information content (AvgIpc) is 3.31. The Balaban J connectivity index is 1.68. The second-order valence-electron chi connectivity index (χ2n) is 5.18. The number of amides is 1. The van der Waals surface area contributed by atoms with E-state index < -0.39 is 5.25 Å². The van der Waals surface area contributed by atoms with Crippen LogP contribution >= 0.6 is 23.1 Å². The van der Waals surface area contributed by atoms with Crippen molar-refractivity contribution in [3.8, 4) is 11.4 Å². The molecule has 1 atom stereocenters. The lowest BCUT2D eigenvalue weighted by atomic mass is 10.3. The van der Waals surface area contributed by atoms with Crippen molar-refractivity contribution in [2.75, 3.05) is 12.4 Å². The van der Waals surface area contributed by atoms with Gasteiger partial charge in [-0.2, -0.15) is 4.68 Å². The summed E-state index contributed by atoms with van der Waals surface area (Å²) in [5.41, 5.74) is 0.780. The topological polar surface area (TPSA) is 108 Å². The fourth-order valence-electron chi connectivity index (χ4n) is 2.00. The predicted molar refractivity (Wildman–Crippen MR) is 98.9 cm³/mol. The Bertz CT molecular complexity index is 878. The summed E-state index contributed by atoms with van der Waals surface area (Å²) in [7, 11) is 1.61. The van der Waals surface area contributed by atoms with Crippen LogP contribution in [0.1, 0.15) is 18.9 Å². The molecule has 0 aliphatic carbocycles. The van der Waals surface area contributed by atoms with Gasteiger partial charge in [-0.15, -0.1) is 15.3 Å². The molecule has 26 heavy (non-hydrogen) atoms. The van der Waals surface area contributed by atoms with E-state index in [-0.39, 0.29) is 5.91 Å². The number of hydrogen-bond donors (Lipinski definition) is 1. The van der Waals surface area contributed by atoms with Crippen molar-refractivity contribution in [3.63, 3.8) is 0 Å². The Morgan fingerprint density at radius 2 is 2.08 bits per heavy atom. The first kappa shape index (κ1) is 18.3. The van der Waals surface area contributed by atoms with Crippen LogP contribution in [0.5, 0.6) is 5.75 Å². The van der Waals surface area contributed by atoms with Crippen LogP contribution in [0.15, 0.2) is 29.4 Å². The van der Waals surface area contributed by atoms with Gasteiger partial charge >= 0.3 is 0 Å². The number of carbonyl (C=O) groups is 1. The number of aromatic nitrogens is 6. The third kappa shape index (κ3) is 4.17. The predicted octanol–water partition coefficient (Wildman–Crippen LogP) is 2.20. The van der Waals surface area contributed by atoms with Crippen molar-refractivity contribution < 1.29 is 9.53 Å². The molecule has 1 amide bonds. The van der Waals surface area contributed by atoms with Gasteiger partial charge in [0.25, 0.3) is 0 Å². The minimum absolute atomic E-state index is 0.182. The van der Waals surface area contributed by atoms with Crippen molar-refractivity contribution in [2.45, 2.75) is 30.7 Å². The molecule has 0 radical (unpaired) electrons. The molecule has 0 aliphatic rings. The highest BCUT2D eigenvalue weighted by Gasteiger charge is 2.20. The molecule has 3 aromatic rings. The first-order valence-corrected chi connectivity index (χ1v) is 9.53. The number of nitrogens with one attached hydrogen (secondary N) is 1. The van der Waals surface area contributed by atoms with E-state index in [1.165, 1.54) is 23.1 Å². The van der Waals surface area contributed by atoms with Gasteiger partial charge in [0.1, 0.15) is 10.8 Å². The van der Waals surface area contributed by atoms with E-state index >= 15 is 0 Å². The number of ether oxygens (including phenoxy) is 1. The van der Waals surface area contributed by atoms with Gasteiger partial charge < -0.3 is 4.74 Å². The molecule has 0 aliphatic heterocycles. The van der Waals surface area contributed by atoms with Gasteiger partial charge in [-0.25, -0.2) is 0 Å². The summed E-state index contributed by atoms with van der Waals surface area (Å²) < 4.78 is 6.73. The second-order valence-corrected chi connectivity index (χ2v) is 7.55. The normalized spacial score (nSPS) is 12.0. The lowest BCUT2D eigenvalue weighted by molar-refractivity contribution is -0.115. The number of methoxy groups -OCH3 is 1. The van der Waals surface area contributed by atoms with Gasteiger partial charge in [0.15, 0.2) is 0 Å². The summed E-state index contributed by atoms with van der Waals surface area (Å²) in [5, 5.41) is 23.9. The number of nitrogens with zero attached hydrogens (tertiary/aromatic N) is 6. The van der Waals surface area contributed by atoms with Gasteiger partial charge in [0, 0.05) is 0 Å². The van der Waals surface area contributed by atoms with Gasteiger partial charge in [0.05, 0.1) is 18.0 Å². The van der Waals surface area contributed by atoms with Crippen molar-refractivity contribution in [1.82, 2.24) is 30.4 Å². The second kappa shape index (κ2) is 8.23. The van der Waals surface area contributed by atoms with Crippen LogP contribution in [-0.2, 0) is 11.2 Å². The van der Waals surface area contributed by atoms with Crippen LogP contribution in [0, 0.1) is 0 Å². The third-order valence-electron chi connectivity index (χ3n) is 3.41. The van der Waals surface area contributed by atoms with Gasteiger partial charge in [-0.05, 0) is 48.0 Å². The lowest BCUT2D eigenvalue weighted by Crippen LogP contribution is -2.22. The summed E-state index contributed by atoms with van der Waals surface area (Å²) in [4.78, 5) is 12.4. The van der Waals surface area contributed by atoms with Crippen molar-refractivity contribution >= 4 is 34.1 Å². The molecule has 0 unspecified atom stereocenters. The maximum absolute atomic E-state index is 12.4. The highest BCUT2D eigenvalue weighted by atomic mass is 32.2. The molecule has 0 spiro atoms. The van der Waals surface area contributed by atoms with Gasteiger partial charge in [-0.3, -0.25) is 10.1 Å². The number of aryl methyl sites for hydroxylation is 1. The largest absolute Gasteiger partial charge is 0.497 e. The zero-order chi connectivity index (χ0) is 18.5. The first-order valence-electron chi connectivity index (χ1n) is 7.83. The molecule has 11 heteroatoms. The van der Waals surface area contributed by atoms with E-state index in [0.717, 1.165) is 22.9 Å². The zero-order valence-electron chi connectivity index (χ0n) is 14.4. The van der Waals surface area contributed by atoms with Gasteiger partial charge in [0.2, 0.25) is 16.2 Å². The monoisotopic (exact) mass is 391 g/mol. The van der Waals surface area contributed by atoms with Crippen molar-refractivity contribution in [1.29, 1.82) is 0 Å². The van der Waals surface area contributed by atoms with E-state index in [2.05, 4.69) is 31.0 Å². The maximum atomic E-state index is 12.4. The number of rotatable bonds is 7. The van der Waals surface area contributed by atoms with Crippen LogP contribution in [0.2, 0.25) is 0 Å². The lowest BCUT2D eigenvalue weighted by Gasteiger charge is -2.10. The van der Waals surface area contributed by atoms with Crippen LogP contribution in [0.25, 0.3) is 5.69 Å². The highest BCUT2D eigenvalue weighted by Crippen LogP contribution is 2.25. The third-order valence-corrected chi connectivity index (χ3v) is 5.42. The number of carbonyl (C=O) groups excluding carboxylic acids is 1. The number of anilines is 1. The number of thioether (sulfide) groups is 1. The Kier molecular flexibility index (Phi) is 5.78. The van der Waals surface area contributed by atoms with E-state index in [1.807, 2.05) is 31.2 Å². The molecular weight excluding hydrogens is 374 g/mol. The van der Waals surface area contributed by atoms with E-state index in [9.17, 15) is 4.79 Å². The molecule has 0 saturated heterocycles. The molecule has 0 bridgehead atoms. The molecule has 9 nitrogen and oxygen atoms in total. The molecule has 2 heterocycles. The average molecular weight is 391 g/mol. The molecular formula is C15H17N7O2S2. The Hall–Kier alpha value is -2.53. The standard InChI is InChI=1S/C15H17N7O2S2/c1-4-12-17-18-14(26-12)16-13(23)9(2)25-15-19-20-21-22(15)10-5-7-11(24-3)8-6-10/h5-9H,4H2,1-3H3,(H,16,18,23)/t9-/m1/s1. The maximum Gasteiger partial charge on any atom is 0.239 e. The highest BCUT2D eigenvalue weighted by molar-refractivity contribution is 8.00. The Morgan fingerprint density at radius 1 is 1.31 bits per heavy atom. The van der Waals surface area contributed by atoms with E-state index in [1.54, 1.807) is 18.7 Å². The Morgan fingerprint density at radius 3 is 2.73 bits per heavy atom. The van der Waals surface area contributed by atoms with E-state index in [0.29, 0.717) is 10.3 Å². The van der Waals surface area contributed by atoms with Gasteiger partial charge in [-0.1, -0.05) is 30.0 Å². The molecule has 136 valence electrons. The van der Waals surface area contributed by atoms with E-state index in [4.69, 9.17) is 4.74 Å². The molecule has 1 aromatic carbocycles. The first-order chi connectivity index (χ1) is 12.6. The minimum Gasteiger partial charge on any atom is -0.497 e. The fraction of sp³-hybridized carbons (Fsp3) is 0.333. The summed E-state index contributed by atoms with van der Waals surface area (Å²) in [6.45, 7) is 3.78. The fourth-order valence-corrected chi connectivity index (χ4v) is 3.49. The number of tetrazole rings is 1. The number of hydrogen-bond acceptors (Lipinski definition) is 9. The minimum atomic E-state index is -0.410. The summed E-state index contributed by atoms with van der Waals surface area (Å²) in [6, 6.07) is 7.33. The van der Waals surface area contributed by atoms with Crippen molar-refractivity contribution in [3.05, 3.63) is 29.3 Å². The SMILES string of the molecule is CCc1nnc(NC(=O)[C@@H](C)Sc2nnnn2-c2ccc(OC)cc2)s1.